The van der Waals surface area contributed by atoms with Crippen molar-refractivity contribution >= 4 is 23.2 Å². The van der Waals surface area contributed by atoms with Crippen LogP contribution in [0.15, 0.2) is 84.9 Å². The number of carbonyl (C=O) groups is 1. The Morgan fingerprint density at radius 3 is 1.83 bits per heavy atom. The summed E-state index contributed by atoms with van der Waals surface area (Å²) >= 11 is 6.12. The van der Waals surface area contributed by atoms with Crippen LogP contribution in [0.2, 0.25) is 5.02 Å². The molecule has 0 aliphatic heterocycles. The molecule has 0 radical (unpaired) electrons. The summed E-state index contributed by atoms with van der Waals surface area (Å²) in [5, 5.41) is 3.45. The monoisotopic (exact) mass is 335 g/mol. The maximum atomic E-state index is 12.6. The Hall–Kier alpha value is -2.58. The van der Waals surface area contributed by atoms with E-state index in [4.69, 9.17) is 11.6 Å². The molecule has 0 aromatic heterocycles. The van der Waals surface area contributed by atoms with Crippen molar-refractivity contribution < 1.29 is 4.79 Å². The van der Waals surface area contributed by atoms with Gasteiger partial charge in [0.15, 0.2) is 0 Å². The highest BCUT2D eigenvalue weighted by Gasteiger charge is 2.18. The fraction of sp³-hybridized carbons (Fsp3) is 0.0952. The van der Waals surface area contributed by atoms with E-state index in [0.717, 1.165) is 11.1 Å². The Labute approximate surface area is 147 Å². The van der Waals surface area contributed by atoms with Crippen LogP contribution in [0.5, 0.6) is 0 Å². The second-order valence-corrected chi connectivity index (χ2v) is 6.01. The number of benzene rings is 3. The largest absolute Gasteiger partial charge is 0.325 e. The molecule has 0 aliphatic rings. The van der Waals surface area contributed by atoms with Crippen LogP contribution in [-0.4, -0.2) is 5.91 Å². The molecule has 0 spiro atoms. The molecule has 0 aliphatic carbocycles. The van der Waals surface area contributed by atoms with Crippen LogP contribution in [0.4, 0.5) is 5.69 Å². The topological polar surface area (TPSA) is 29.1 Å². The SMILES string of the molecule is O=C(CC(c1ccccc1)c1ccccc1)Nc1ccccc1Cl. The predicted molar refractivity (Wildman–Crippen MR) is 99.4 cm³/mol. The zero-order valence-corrected chi connectivity index (χ0v) is 13.9. The van der Waals surface area contributed by atoms with Crippen molar-refractivity contribution in [3.8, 4) is 0 Å². The summed E-state index contributed by atoms with van der Waals surface area (Å²) < 4.78 is 0. The van der Waals surface area contributed by atoms with Crippen molar-refractivity contribution in [1.82, 2.24) is 0 Å². The molecule has 1 amide bonds. The molecular weight excluding hydrogens is 318 g/mol. The molecule has 0 fully saturated rings. The smallest absolute Gasteiger partial charge is 0.225 e. The average molecular weight is 336 g/mol. The number of amides is 1. The van der Waals surface area contributed by atoms with Gasteiger partial charge >= 0.3 is 0 Å². The lowest BCUT2D eigenvalue weighted by Crippen LogP contribution is -2.16. The second kappa shape index (κ2) is 7.80. The molecule has 3 heteroatoms. The number of hydrogen-bond donors (Lipinski definition) is 1. The highest BCUT2D eigenvalue weighted by atomic mass is 35.5. The number of rotatable bonds is 5. The van der Waals surface area contributed by atoms with Crippen molar-refractivity contribution in [2.45, 2.75) is 12.3 Å². The number of nitrogens with one attached hydrogen (secondary N) is 1. The Morgan fingerprint density at radius 1 is 0.792 bits per heavy atom. The van der Waals surface area contributed by atoms with Crippen LogP contribution in [-0.2, 0) is 4.79 Å². The van der Waals surface area contributed by atoms with Gasteiger partial charge in [0.1, 0.15) is 0 Å². The van der Waals surface area contributed by atoms with Gasteiger partial charge in [-0.25, -0.2) is 0 Å². The van der Waals surface area contributed by atoms with Crippen molar-refractivity contribution in [1.29, 1.82) is 0 Å². The molecule has 0 bridgehead atoms. The number of halogens is 1. The van der Waals surface area contributed by atoms with E-state index in [0.29, 0.717) is 17.1 Å². The third-order valence-corrected chi connectivity index (χ3v) is 4.27. The molecule has 0 atom stereocenters. The molecule has 3 aromatic carbocycles. The minimum atomic E-state index is -0.0548. The Morgan fingerprint density at radius 2 is 1.29 bits per heavy atom. The Balaban J connectivity index is 1.82. The second-order valence-electron chi connectivity index (χ2n) is 5.61. The lowest BCUT2D eigenvalue weighted by Gasteiger charge is -2.18. The van der Waals surface area contributed by atoms with Crippen molar-refractivity contribution in [3.63, 3.8) is 0 Å². The Bertz CT molecular complexity index is 763. The molecule has 1 N–H and O–H groups in total. The maximum Gasteiger partial charge on any atom is 0.225 e. The number of carbonyl (C=O) groups excluding carboxylic acids is 1. The van der Waals surface area contributed by atoms with Crippen LogP contribution in [0.1, 0.15) is 23.5 Å². The molecule has 120 valence electrons. The summed E-state index contributed by atoms with van der Waals surface area (Å²) in [5.74, 6) is -0.0457. The molecule has 0 heterocycles. The fourth-order valence-corrected chi connectivity index (χ4v) is 2.93. The van der Waals surface area contributed by atoms with E-state index >= 15 is 0 Å². The average Bonchev–Trinajstić information content (AvgIpc) is 2.63. The van der Waals surface area contributed by atoms with Crippen LogP contribution >= 0.6 is 11.6 Å². The van der Waals surface area contributed by atoms with Gasteiger partial charge in [0, 0.05) is 12.3 Å². The number of para-hydroxylation sites is 1. The van der Waals surface area contributed by atoms with Crippen LogP contribution in [0.25, 0.3) is 0 Å². The maximum absolute atomic E-state index is 12.6. The normalized spacial score (nSPS) is 10.6. The molecule has 0 saturated heterocycles. The highest BCUT2D eigenvalue weighted by molar-refractivity contribution is 6.33. The van der Waals surface area contributed by atoms with Gasteiger partial charge < -0.3 is 5.32 Å². The quantitative estimate of drug-likeness (QED) is 0.655. The molecular formula is C21H18ClNO. The van der Waals surface area contributed by atoms with E-state index in [1.165, 1.54) is 0 Å². The molecule has 3 aromatic rings. The van der Waals surface area contributed by atoms with Gasteiger partial charge in [0.25, 0.3) is 0 Å². The zero-order valence-electron chi connectivity index (χ0n) is 13.2. The summed E-state index contributed by atoms with van der Waals surface area (Å²) in [6, 6.07) is 27.4. The van der Waals surface area contributed by atoms with Gasteiger partial charge in [-0.2, -0.15) is 0 Å². The van der Waals surface area contributed by atoms with Gasteiger partial charge in [-0.1, -0.05) is 84.4 Å². The molecule has 24 heavy (non-hydrogen) atoms. The minimum Gasteiger partial charge on any atom is -0.325 e. The molecule has 2 nitrogen and oxygen atoms in total. The Kier molecular flexibility index (Phi) is 5.29. The van der Waals surface area contributed by atoms with Gasteiger partial charge in [0.05, 0.1) is 10.7 Å². The van der Waals surface area contributed by atoms with E-state index in [1.807, 2.05) is 48.5 Å². The molecule has 0 saturated carbocycles. The molecule has 0 unspecified atom stereocenters. The van der Waals surface area contributed by atoms with Gasteiger partial charge in [-0.15, -0.1) is 0 Å². The van der Waals surface area contributed by atoms with Crippen molar-refractivity contribution in [3.05, 3.63) is 101 Å². The van der Waals surface area contributed by atoms with E-state index < -0.39 is 0 Å². The van der Waals surface area contributed by atoms with E-state index in [-0.39, 0.29) is 11.8 Å². The lowest BCUT2D eigenvalue weighted by atomic mass is 9.88. The summed E-state index contributed by atoms with van der Waals surface area (Å²) in [6.45, 7) is 0. The highest BCUT2D eigenvalue weighted by Crippen LogP contribution is 2.29. The zero-order chi connectivity index (χ0) is 16.8. The first-order valence-electron chi connectivity index (χ1n) is 7.88. The third-order valence-electron chi connectivity index (χ3n) is 3.94. The van der Waals surface area contributed by atoms with Crippen molar-refractivity contribution in [2.75, 3.05) is 5.32 Å². The van der Waals surface area contributed by atoms with Gasteiger partial charge in [-0.05, 0) is 23.3 Å². The van der Waals surface area contributed by atoms with Crippen LogP contribution in [0.3, 0.4) is 0 Å². The fourth-order valence-electron chi connectivity index (χ4n) is 2.75. The van der Waals surface area contributed by atoms with E-state index in [9.17, 15) is 4.79 Å². The third kappa shape index (κ3) is 4.03. The van der Waals surface area contributed by atoms with Crippen molar-refractivity contribution in [2.24, 2.45) is 0 Å². The number of anilines is 1. The summed E-state index contributed by atoms with van der Waals surface area (Å²) in [6.07, 6.45) is 0.360. The first-order valence-corrected chi connectivity index (χ1v) is 8.26. The predicted octanol–water partition coefficient (Wildman–Crippen LogP) is 5.50. The van der Waals surface area contributed by atoms with Gasteiger partial charge in [0.2, 0.25) is 5.91 Å². The first kappa shape index (κ1) is 16.3. The lowest BCUT2D eigenvalue weighted by molar-refractivity contribution is -0.116. The number of hydrogen-bond acceptors (Lipinski definition) is 1. The molecule has 3 rings (SSSR count). The standard InChI is InChI=1S/C21H18ClNO/c22-19-13-7-8-14-20(19)23-21(24)15-18(16-9-3-1-4-10-16)17-11-5-2-6-12-17/h1-14,18H,15H2,(H,23,24). The summed E-state index contributed by atoms with van der Waals surface area (Å²) in [7, 11) is 0. The van der Waals surface area contributed by atoms with E-state index in [2.05, 4.69) is 29.6 Å². The van der Waals surface area contributed by atoms with Gasteiger partial charge in [-0.3, -0.25) is 4.79 Å². The van der Waals surface area contributed by atoms with Crippen LogP contribution in [0, 0.1) is 0 Å². The van der Waals surface area contributed by atoms with E-state index in [1.54, 1.807) is 12.1 Å². The minimum absolute atomic E-state index is 0.00916. The summed E-state index contributed by atoms with van der Waals surface area (Å²) in [5.41, 5.74) is 2.89. The van der Waals surface area contributed by atoms with Crippen LogP contribution < -0.4 is 5.32 Å². The first-order chi connectivity index (χ1) is 11.7. The summed E-state index contributed by atoms with van der Waals surface area (Å²) in [4.78, 5) is 12.6.